The van der Waals surface area contributed by atoms with E-state index < -0.39 is 0 Å². The lowest BCUT2D eigenvalue weighted by Crippen LogP contribution is -2.26. The summed E-state index contributed by atoms with van der Waals surface area (Å²) in [5, 5.41) is 0. The highest BCUT2D eigenvalue weighted by Gasteiger charge is 2.26. The van der Waals surface area contributed by atoms with E-state index in [4.69, 9.17) is 0 Å². The molecule has 0 amide bonds. The van der Waals surface area contributed by atoms with Crippen LogP contribution in [0.5, 0.6) is 0 Å². The molecule has 0 saturated heterocycles. The van der Waals surface area contributed by atoms with Crippen LogP contribution in [0.4, 0.5) is 0 Å². The Hall–Kier alpha value is 0. The van der Waals surface area contributed by atoms with Crippen molar-refractivity contribution in [3.05, 3.63) is 0 Å². The smallest absolute Gasteiger partial charge is 0.0386 e. The third-order valence-corrected chi connectivity index (χ3v) is 6.48. The molecule has 5 unspecified atom stereocenters. The Labute approximate surface area is 142 Å². The summed E-state index contributed by atoms with van der Waals surface area (Å²) in [6.07, 6.45) is 14.2. The zero-order valence-electron chi connectivity index (χ0n) is 17.0. The normalized spacial score (nSPS) is 18.7. The fraction of sp³-hybridized carbons (Fsp3) is 1.00. The van der Waals surface area contributed by atoms with Crippen LogP contribution in [0.2, 0.25) is 0 Å². The molecule has 0 heterocycles. The third kappa shape index (κ3) is 9.21. The first-order chi connectivity index (χ1) is 10.5. The minimum absolute atomic E-state index is 0.863. The second-order valence-electron chi connectivity index (χ2n) is 8.23. The van der Waals surface area contributed by atoms with Crippen LogP contribution < -0.4 is 0 Å². The van der Waals surface area contributed by atoms with Gasteiger partial charge in [-0.25, -0.2) is 0 Å². The largest absolute Gasteiger partial charge is 0.0654 e. The van der Waals surface area contributed by atoms with Gasteiger partial charge in [-0.3, -0.25) is 0 Å². The average molecular weight is 311 g/mol. The molecule has 0 aromatic rings. The van der Waals surface area contributed by atoms with Crippen LogP contribution in [0.25, 0.3) is 0 Å². The first kappa shape index (κ1) is 22.0. The van der Waals surface area contributed by atoms with Crippen LogP contribution in [0.1, 0.15) is 113 Å². The molecule has 134 valence electrons. The Balaban J connectivity index is 4.01. The number of unbranched alkanes of at least 4 members (excludes halogenated alkanes) is 6. The molecule has 0 saturated carbocycles. The molecule has 22 heavy (non-hydrogen) atoms. The second-order valence-corrected chi connectivity index (χ2v) is 8.23. The van der Waals surface area contributed by atoms with Gasteiger partial charge >= 0.3 is 0 Å². The first-order valence-electron chi connectivity index (χ1n) is 10.5. The molecule has 0 aromatic carbocycles. The van der Waals surface area contributed by atoms with Gasteiger partial charge in [0.2, 0.25) is 0 Å². The predicted molar refractivity (Wildman–Crippen MR) is 103 cm³/mol. The Morgan fingerprint density at radius 1 is 0.455 bits per heavy atom. The maximum absolute atomic E-state index is 2.51. The number of hydrogen-bond acceptors (Lipinski definition) is 0. The van der Waals surface area contributed by atoms with Crippen LogP contribution >= 0.6 is 0 Å². The van der Waals surface area contributed by atoms with Crippen molar-refractivity contribution < 1.29 is 0 Å². The summed E-state index contributed by atoms with van der Waals surface area (Å²) in [6, 6.07) is 0. The fourth-order valence-electron chi connectivity index (χ4n) is 3.81. The highest BCUT2D eigenvalue weighted by molar-refractivity contribution is 4.76. The highest BCUT2D eigenvalue weighted by atomic mass is 14.3. The SMILES string of the molecule is CCCCCCCCC(C)C(C)C(C)C(C)C(C)CCCC. The predicted octanol–water partition coefficient (Wildman–Crippen LogP) is 8.11. The van der Waals surface area contributed by atoms with Gasteiger partial charge in [0.05, 0.1) is 0 Å². The van der Waals surface area contributed by atoms with E-state index in [1.807, 2.05) is 0 Å². The lowest BCUT2D eigenvalue weighted by molar-refractivity contribution is 0.156. The summed E-state index contributed by atoms with van der Waals surface area (Å²) in [6.45, 7) is 17.1. The van der Waals surface area contributed by atoms with Crippen LogP contribution in [0.15, 0.2) is 0 Å². The molecule has 0 nitrogen and oxygen atoms in total. The summed E-state index contributed by atoms with van der Waals surface area (Å²) >= 11 is 0. The number of hydrogen-bond donors (Lipinski definition) is 0. The fourth-order valence-corrected chi connectivity index (χ4v) is 3.81. The lowest BCUT2D eigenvalue weighted by atomic mass is 9.72. The van der Waals surface area contributed by atoms with Gasteiger partial charge in [-0.05, 0) is 29.6 Å². The van der Waals surface area contributed by atoms with Crippen molar-refractivity contribution in [2.45, 2.75) is 113 Å². The van der Waals surface area contributed by atoms with Crippen molar-refractivity contribution in [3.8, 4) is 0 Å². The molecule has 0 bridgehead atoms. The van der Waals surface area contributed by atoms with Crippen molar-refractivity contribution in [2.24, 2.45) is 29.6 Å². The van der Waals surface area contributed by atoms with E-state index in [1.165, 1.54) is 64.2 Å². The van der Waals surface area contributed by atoms with E-state index >= 15 is 0 Å². The van der Waals surface area contributed by atoms with Gasteiger partial charge < -0.3 is 0 Å². The van der Waals surface area contributed by atoms with Gasteiger partial charge in [0.15, 0.2) is 0 Å². The molecule has 0 fully saturated rings. The maximum atomic E-state index is 2.51. The summed E-state index contributed by atoms with van der Waals surface area (Å²) in [5.41, 5.74) is 0. The molecule has 0 aliphatic rings. The number of rotatable bonds is 14. The van der Waals surface area contributed by atoms with Crippen molar-refractivity contribution in [3.63, 3.8) is 0 Å². The van der Waals surface area contributed by atoms with Gasteiger partial charge in [-0.15, -0.1) is 0 Å². The van der Waals surface area contributed by atoms with Gasteiger partial charge in [0.1, 0.15) is 0 Å². The van der Waals surface area contributed by atoms with Crippen molar-refractivity contribution >= 4 is 0 Å². The standard InChI is InChI=1S/C22H46/c1-8-10-12-13-14-15-17-19(4)21(6)22(7)20(5)18(3)16-11-9-2/h18-22H,8-17H2,1-7H3. The molecule has 5 atom stereocenters. The summed E-state index contributed by atoms with van der Waals surface area (Å²) in [7, 11) is 0. The minimum Gasteiger partial charge on any atom is -0.0654 e. The molecule has 0 rings (SSSR count). The van der Waals surface area contributed by atoms with E-state index in [2.05, 4.69) is 48.5 Å². The Morgan fingerprint density at radius 2 is 0.864 bits per heavy atom. The van der Waals surface area contributed by atoms with E-state index in [1.54, 1.807) is 0 Å². The molecule has 0 aromatic heterocycles. The van der Waals surface area contributed by atoms with E-state index in [0.29, 0.717) is 0 Å². The monoisotopic (exact) mass is 310 g/mol. The second kappa shape index (κ2) is 13.4. The summed E-state index contributed by atoms with van der Waals surface area (Å²) < 4.78 is 0. The average Bonchev–Trinajstić information content (AvgIpc) is 2.53. The zero-order chi connectivity index (χ0) is 17.0. The minimum atomic E-state index is 0.863. The van der Waals surface area contributed by atoms with Crippen LogP contribution in [0.3, 0.4) is 0 Å². The van der Waals surface area contributed by atoms with Gasteiger partial charge in [-0.2, -0.15) is 0 Å². The quantitative estimate of drug-likeness (QED) is 0.284. The van der Waals surface area contributed by atoms with Crippen molar-refractivity contribution in [1.82, 2.24) is 0 Å². The molecule has 0 heteroatoms. The lowest BCUT2D eigenvalue weighted by Gasteiger charge is -2.34. The highest BCUT2D eigenvalue weighted by Crippen LogP contribution is 2.34. The Bertz CT molecular complexity index is 232. The molecule has 0 aliphatic carbocycles. The van der Waals surface area contributed by atoms with Gasteiger partial charge in [0.25, 0.3) is 0 Å². The van der Waals surface area contributed by atoms with Gasteiger partial charge in [-0.1, -0.05) is 113 Å². The molecule has 0 aliphatic heterocycles. The van der Waals surface area contributed by atoms with Crippen LogP contribution in [0, 0.1) is 29.6 Å². The maximum Gasteiger partial charge on any atom is -0.0386 e. The summed E-state index contributed by atoms with van der Waals surface area (Å²) in [5.74, 6) is 4.38. The van der Waals surface area contributed by atoms with Crippen LogP contribution in [-0.4, -0.2) is 0 Å². The Morgan fingerprint density at radius 3 is 1.36 bits per heavy atom. The Kier molecular flexibility index (Phi) is 13.4. The molecule has 0 radical (unpaired) electrons. The molecule has 0 N–H and O–H groups in total. The first-order valence-corrected chi connectivity index (χ1v) is 10.5. The van der Waals surface area contributed by atoms with E-state index in [9.17, 15) is 0 Å². The van der Waals surface area contributed by atoms with Crippen LogP contribution in [-0.2, 0) is 0 Å². The summed E-state index contributed by atoms with van der Waals surface area (Å²) in [4.78, 5) is 0. The molecule has 0 spiro atoms. The van der Waals surface area contributed by atoms with Crippen molar-refractivity contribution in [2.75, 3.05) is 0 Å². The van der Waals surface area contributed by atoms with Gasteiger partial charge in [0, 0.05) is 0 Å². The van der Waals surface area contributed by atoms with E-state index in [-0.39, 0.29) is 0 Å². The molecular formula is C22H46. The topological polar surface area (TPSA) is 0 Å². The van der Waals surface area contributed by atoms with E-state index in [0.717, 1.165) is 29.6 Å². The zero-order valence-corrected chi connectivity index (χ0v) is 17.0. The third-order valence-electron chi connectivity index (χ3n) is 6.48. The molecular weight excluding hydrogens is 264 g/mol. The van der Waals surface area contributed by atoms with Crippen molar-refractivity contribution in [1.29, 1.82) is 0 Å².